The zero-order valence-corrected chi connectivity index (χ0v) is 10.5. The van der Waals surface area contributed by atoms with Gasteiger partial charge in [0, 0.05) is 5.92 Å². The molecule has 1 aromatic heterocycles. The van der Waals surface area contributed by atoms with Gasteiger partial charge in [-0.15, -0.1) is 0 Å². The smallest absolute Gasteiger partial charge is 0.309 e. The number of amides is 1. The fraction of sp³-hybridized carbons (Fsp3) is 0.357. The van der Waals surface area contributed by atoms with Crippen LogP contribution >= 0.6 is 0 Å². The van der Waals surface area contributed by atoms with Crippen molar-refractivity contribution in [2.24, 2.45) is 5.92 Å². The highest BCUT2D eigenvalue weighted by Gasteiger charge is 2.18. The maximum Gasteiger partial charge on any atom is 0.309 e. The Labute approximate surface area is 111 Å². The predicted molar refractivity (Wildman–Crippen MR) is 70.7 cm³/mol. The molecule has 2 rings (SSSR count). The number of hydrogen-bond acceptors (Lipinski definition) is 3. The SMILES string of the molecule is O=C(O)Cc1ccc(NC(=O)C2CC=CCC2)cn1. The maximum absolute atomic E-state index is 12.0. The predicted octanol–water partition coefficient (Wildman–Crippen LogP) is 2.00. The van der Waals surface area contributed by atoms with Gasteiger partial charge in [-0.1, -0.05) is 12.2 Å². The van der Waals surface area contributed by atoms with Crippen LogP contribution in [0, 0.1) is 5.92 Å². The first-order valence-electron chi connectivity index (χ1n) is 6.28. The number of nitrogens with zero attached hydrogens (tertiary/aromatic N) is 1. The van der Waals surface area contributed by atoms with Crippen molar-refractivity contribution in [1.29, 1.82) is 0 Å². The van der Waals surface area contributed by atoms with Crippen molar-refractivity contribution in [2.75, 3.05) is 5.32 Å². The molecule has 0 bridgehead atoms. The molecule has 0 radical (unpaired) electrons. The van der Waals surface area contributed by atoms with Gasteiger partial charge in [-0.3, -0.25) is 14.6 Å². The van der Waals surface area contributed by atoms with E-state index in [1.165, 1.54) is 6.20 Å². The largest absolute Gasteiger partial charge is 0.481 e. The molecule has 0 fully saturated rings. The summed E-state index contributed by atoms with van der Waals surface area (Å²) in [6.07, 6.45) is 8.08. The first-order chi connectivity index (χ1) is 9.15. The van der Waals surface area contributed by atoms with Gasteiger partial charge in [0.1, 0.15) is 0 Å². The zero-order valence-electron chi connectivity index (χ0n) is 10.5. The molecule has 5 heteroatoms. The zero-order chi connectivity index (χ0) is 13.7. The van der Waals surface area contributed by atoms with Gasteiger partial charge in [0.05, 0.1) is 24.0 Å². The van der Waals surface area contributed by atoms with Crippen molar-refractivity contribution in [1.82, 2.24) is 4.98 Å². The molecule has 0 saturated heterocycles. The summed E-state index contributed by atoms with van der Waals surface area (Å²) >= 11 is 0. The lowest BCUT2D eigenvalue weighted by atomic mass is 9.93. The number of carboxylic acids is 1. The van der Waals surface area contributed by atoms with Crippen LogP contribution in [-0.4, -0.2) is 22.0 Å². The third kappa shape index (κ3) is 3.91. The molecule has 19 heavy (non-hydrogen) atoms. The Balaban J connectivity index is 1.93. The maximum atomic E-state index is 12.0. The van der Waals surface area contributed by atoms with Gasteiger partial charge in [0.15, 0.2) is 0 Å². The number of pyridine rings is 1. The minimum Gasteiger partial charge on any atom is -0.481 e. The lowest BCUT2D eigenvalue weighted by molar-refractivity contribution is -0.136. The third-order valence-electron chi connectivity index (χ3n) is 3.06. The monoisotopic (exact) mass is 260 g/mol. The molecule has 0 aliphatic heterocycles. The van der Waals surface area contributed by atoms with Gasteiger partial charge in [-0.05, 0) is 31.4 Å². The van der Waals surface area contributed by atoms with E-state index >= 15 is 0 Å². The molecular weight excluding hydrogens is 244 g/mol. The number of aromatic nitrogens is 1. The molecule has 1 aliphatic rings. The number of hydrogen-bond donors (Lipinski definition) is 2. The van der Waals surface area contributed by atoms with E-state index in [2.05, 4.69) is 16.4 Å². The number of rotatable bonds is 4. The van der Waals surface area contributed by atoms with E-state index in [9.17, 15) is 9.59 Å². The van der Waals surface area contributed by atoms with Crippen molar-refractivity contribution in [3.05, 3.63) is 36.2 Å². The van der Waals surface area contributed by atoms with E-state index in [1.807, 2.05) is 6.08 Å². The standard InChI is InChI=1S/C14H16N2O3/c17-13(18)8-11-6-7-12(9-15-11)16-14(19)10-4-2-1-3-5-10/h1-2,6-7,9-10H,3-5,8H2,(H,16,19)(H,17,18). The van der Waals surface area contributed by atoms with E-state index in [1.54, 1.807) is 12.1 Å². The first kappa shape index (κ1) is 13.3. The number of nitrogens with one attached hydrogen (secondary N) is 1. The highest BCUT2D eigenvalue weighted by molar-refractivity contribution is 5.92. The Morgan fingerprint density at radius 2 is 2.21 bits per heavy atom. The fourth-order valence-corrected chi connectivity index (χ4v) is 2.03. The molecule has 1 aromatic rings. The Hall–Kier alpha value is -2.17. The summed E-state index contributed by atoms with van der Waals surface area (Å²) in [5.74, 6) is -0.904. The Kier molecular flexibility index (Phi) is 4.28. The van der Waals surface area contributed by atoms with Crippen LogP contribution in [0.15, 0.2) is 30.5 Å². The molecule has 5 nitrogen and oxygen atoms in total. The molecule has 0 aromatic carbocycles. The minimum absolute atomic E-state index is 0.00265. The average Bonchev–Trinajstić information content (AvgIpc) is 2.41. The van der Waals surface area contributed by atoms with Crippen LogP contribution in [0.1, 0.15) is 25.0 Å². The van der Waals surface area contributed by atoms with Crippen molar-refractivity contribution < 1.29 is 14.7 Å². The topological polar surface area (TPSA) is 79.3 Å². The first-order valence-corrected chi connectivity index (χ1v) is 6.28. The summed E-state index contributed by atoms with van der Waals surface area (Å²) in [4.78, 5) is 26.5. The highest BCUT2D eigenvalue weighted by Crippen LogP contribution is 2.20. The van der Waals surface area contributed by atoms with E-state index < -0.39 is 5.97 Å². The normalized spacial score (nSPS) is 18.0. The van der Waals surface area contributed by atoms with Crippen LogP contribution in [0.4, 0.5) is 5.69 Å². The number of allylic oxidation sites excluding steroid dienone is 2. The quantitative estimate of drug-likeness (QED) is 0.811. The summed E-state index contributed by atoms with van der Waals surface area (Å²) in [7, 11) is 0. The second kappa shape index (κ2) is 6.13. The minimum atomic E-state index is -0.918. The molecule has 1 heterocycles. The molecule has 0 saturated carbocycles. The Bertz CT molecular complexity index is 494. The molecule has 1 amide bonds. The van der Waals surface area contributed by atoms with Crippen LogP contribution in [0.25, 0.3) is 0 Å². The summed E-state index contributed by atoms with van der Waals surface area (Å²) in [5.41, 5.74) is 1.08. The number of carboxylic acid groups (broad SMARTS) is 1. The van der Waals surface area contributed by atoms with Crippen LogP contribution in [0.2, 0.25) is 0 Å². The Morgan fingerprint density at radius 3 is 2.79 bits per heavy atom. The van der Waals surface area contributed by atoms with Crippen LogP contribution in [0.3, 0.4) is 0 Å². The number of anilines is 1. The van der Waals surface area contributed by atoms with Gasteiger partial charge in [0.2, 0.25) is 5.91 Å². The van der Waals surface area contributed by atoms with Gasteiger partial charge >= 0.3 is 5.97 Å². The summed E-state index contributed by atoms with van der Waals surface area (Å²) in [6, 6.07) is 3.30. The summed E-state index contributed by atoms with van der Waals surface area (Å²) < 4.78 is 0. The summed E-state index contributed by atoms with van der Waals surface area (Å²) in [5, 5.41) is 11.4. The molecular formula is C14H16N2O3. The molecule has 100 valence electrons. The molecule has 1 aliphatic carbocycles. The van der Waals surface area contributed by atoms with E-state index in [4.69, 9.17) is 5.11 Å². The molecule has 0 spiro atoms. The second-order valence-electron chi connectivity index (χ2n) is 4.58. The van der Waals surface area contributed by atoms with Gasteiger partial charge in [-0.25, -0.2) is 0 Å². The van der Waals surface area contributed by atoms with Crippen molar-refractivity contribution in [3.63, 3.8) is 0 Å². The van der Waals surface area contributed by atoms with Gasteiger partial charge in [0.25, 0.3) is 0 Å². The summed E-state index contributed by atoms with van der Waals surface area (Å²) in [6.45, 7) is 0. The number of carbonyl (C=O) groups excluding carboxylic acids is 1. The van der Waals surface area contributed by atoms with Crippen LogP contribution in [-0.2, 0) is 16.0 Å². The molecule has 1 atom stereocenters. The average molecular weight is 260 g/mol. The lowest BCUT2D eigenvalue weighted by Gasteiger charge is -2.17. The third-order valence-corrected chi connectivity index (χ3v) is 3.06. The van der Waals surface area contributed by atoms with E-state index in [0.29, 0.717) is 11.4 Å². The van der Waals surface area contributed by atoms with E-state index in [0.717, 1.165) is 19.3 Å². The Morgan fingerprint density at radius 1 is 1.37 bits per heavy atom. The van der Waals surface area contributed by atoms with Gasteiger partial charge < -0.3 is 10.4 Å². The highest BCUT2D eigenvalue weighted by atomic mass is 16.4. The van der Waals surface area contributed by atoms with Crippen LogP contribution in [0.5, 0.6) is 0 Å². The second-order valence-corrected chi connectivity index (χ2v) is 4.58. The van der Waals surface area contributed by atoms with Crippen molar-refractivity contribution in [2.45, 2.75) is 25.7 Å². The van der Waals surface area contributed by atoms with Crippen LogP contribution < -0.4 is 5.32 Å². The molecule has 2 N–H and O–H groups in total. The van der Waals surface area contributed by atoms with Crippen molar-refractivity contribution >= 4 is 17.6 Å². The van der Waals surface area contributed by atoms with Crippen molar-refractivity contribution in [3.8, 4) is 0 Å². The fourth-order valence-electron chi connectivity index (χ4n) is 2.03. The molecule has 1 unspecified atom stereocenters. The number of carbonyl (C=O) groups is 2. The number of aliphatic carboxylic acids is 1. The van der Waals surface area contributed by atoms with E-state index in [-0.39, 0.29) is 18.2 Å². The van der Waals surface area contributed by atoms with Gasteiger partial charge in [-0.2, -0.15) is 0 Å². The lowest BCUT2D eigenvalue weighted by Crippen LogP contribution is -2.23.